The van der Waals surface area contributed by atoms with Crippen LogP contribution in [0.5, 0.6) is 0 Å². The second kappa shape index (κ2) is 6.75. The van der Waals surface area contributed by atoms with Crippen molar-refractivity contribution >= 4 is 37.6 Å². The van der Waals surface area contributed by atoms with Gasteiger partial charge >= 0.3 is 0 Å². The molecule has 20 heavy (non-hydrogen) atoms. The Bertz CT molecular complexity index is 574. The highest BCUT2D eigenvalue weighted by Crippen LogP contribution is 2.25. The molecule has 0 spiro atoms. The number of halogens is 2. The van der Waals surface area contributed by atoms with Crippen molar-refractivity contribution in [2.24, 2.45) is 0 Å². The summed E-state index contributed by atoms with van der Waals surface area (Å²) in [6.45, 7) is 4.52. The number of hydrogen-bond donors (Lipinski definition) is 1. The molecule has 1 aromatic rings. The Hall–Kier alpha value is -0.140. The van der Waals surface area contributed by atoms with E-state index in [4.69, 9.17) is 11.6 Å². The zero-order valence-electron chi connectivity index (χ0n) is 11.3. The molecule has 1 N–H and O–H groups in total. The minimum atomic E-state index is -3.56. The van der Waals surface area contributed by atoms with Gasteiger partial charge in [0.2, 0.25) is 10.0 Å². The van der Waals surface area contributed by atoms with Gasteiger partial charge in [-0.2, -0.15) is 0 Å². The van der Waals surface area contributed by atoms with Gasteiger partial charge < -0.3 is 0 Å². The number of likely N-dealkylation sites (tertiary alicyclic amines) is 1. The van der Waals surface area contributed by atoms with Crippen LogP contribution >= 0.6 is 27.5 Å². The van der Waals surface area contributed by atoms with E-state index in [0.717, 1.165) is 17.6 Å². The van der Waals surface area contributed by atoms with Gasteiger partial charge in [0.25, 0.3) is 0 Å². The number of benzene rings is 1. The highest BCUT2D eigenvalue weighted by atomic mass is 79.9. The van der Waals surface area contributed by atoms with Crippen LogP contribution in [0.4, 0.5) is 0 Å². The molecule has 1 unspecified atom stereocenters. The quantitative estimate of drug-likeness (QED) is 0.853. The van der Waals surface area contributed by atoms with E-state index < -0.39 is 10.0 Å². The predicted molar refractivity (Wildman–Crippen MR) is 84.6 cm³/mol. The summed E-state index contributed by atoms with van der Waals surface area (Å²) in [5.74, 6) is 0. The molecular weight excluding hydrogens is 364 g/mol. The lowest BCUT2D eigenvalue weighted by Crippen LogP contribution is -2.40. The lowest BCUT2D eigenvalue weighted by atomic mass is 10.3. The van der Waals surface area contributed by atoms with Crippen molar-refractivity contribution in [3.8, 4) is 0 Å². The minimum Gasteiger partial charge on any atom is -0.299 e. The van der Waals surface area contributed by atoms with Crippen LogP contribution in [0.3, 0.4) is 0 Å². The highest BCUT2D eigenvalue weighted by Gasteiger charge is 2.22. The van der Waals surface area contributed by atoms with Crippen LogP contribution in [-0.2, 0) is 10.0 Å². The summed E-state index contributed by atoms with van der Waals surface area (Å²) >= 11 is 9.26. The topological polar surface area (TPSA) is 49.4 Å². The normalized spacial score (nSPS) is 18.4. The third-order valence-corrected chi connectivity index (χ3v) is 5.92. The Morgan fingerprint density at radius 3 is 2.65 bits per heavy atom. The molecule has 0 saturated carbocycles. The molecule has 4 nitrogen and oxygen atoms in total. The first-order chi connectivity index (χ1) is 9.40. The zero-order chi connectivity index (χ0) is 14.8. The number of rotatable bonds is 5. The van der Waals surface area contributed by atoms with Crippen LogP contribution in [0.15, 0.2) is 27.6 Å². The number of nitrogens with zero attached hydrogens (tertiary/aromatic N) is 1. The van der Waals surface area contributed by atoms with Gasteiger partial charge in [-0.15, -0.1) is 0 Å². The van der Waals surface area contributed by atoms with E-state index in [-0.39, 0.29) is 16.0 Å². The summed E-state index contributed by atoms with van der Waals surface area (Å²) in [4.78, 5) is 2.42. The van der Waals surface area contributed by atoms with Crippen molar-refractivity contribution in [3.05, 3.63) is 27.7 Å². The molecule has 112 valence electrons. The van der Waals surface area contributed by atoms with E-state index in [1.807, 2.05) is 6.92 Å². The van der Waals surface area contributed by atoms with Crippen molar-refractivity contribution in [2.45, 2.75) is 30.7 Å². The van der Waals surface area contributed by atoms with E-state index in [1.165, 1.54) is 18.9 Å². The Labute approximate surface area is 133 Å². The summed E-state index contributed by atoms with van der Waals surface area (Å²) in [6.07, 6.45) is 2.38. The average Bonchev–Trinajstić information content (AvgIpc) is 2.89. The number of hydrogen-bond acceptors (Lipinski definition) is 3. The van der Waals surface area contributed by atoms with Gasteiger partial charge in [0.1, 0.15) is 4.90 Å². The molecule has 1 aliphatic heterocycles. The molecule has 0 radical (unpaired) electrons. The predicted octanol–water partition coefficient (Wildman–Crippen LogP) is 2.87. The van der Waals surface area contributed by atoms with Crippen molar-refractivity contribution < 1.29 is 8.42 Å². The molecule has 1 saturated heterocycles. The van der Waals surface area contributed by atoms with E-state index in [2.05, 4.69) is 25.6 Å². The summed E-state index contributed by atoms with van der Waals surface area (Å²) in [6, 6.07) is 4.96. The van der Waals surface area contributed by atoms with E-state index in [0.29, 0.717) is 6.54 Å². The average molecular weight is 382 g/mol. The molecule has 1 fully saturated rings. The fourth-order valence-corrected chi connectivity index (χ4v) is 4.47. The first-order valence-electron chi connectivity index (χ1n) is 6.59. The monoisotopic (exact) mass is 380 g/mol. The van der Waals surface area contributed by atoms with Gasteiger partial charge in [-0.05, 0) is 51.1 Å². The molecule has 0 aliphatic carbocycles. The van der Waals surface area contributed by atoms with Gasteiger partial charge in [0.15, 0.2) is 0 Å². The summed E-state index contributed by atoms with van der Waals surface area (Å²) in [5, 5.41) is 0.223. The molecule has 2 rings (SSSR count). The molecule has 1 atom stereocenters. The SMILES string of the molecule is CC(CNS(=O)(=O)c1ccc(Br)cc1Cl)N1CCCC1. The molecule has 1 aliphatic rings. The molecule has 7 heteroatoms. The maximum Gasteiger partial charge on any atom is 0.242 e. The summed E-state index contributed by atoms with van der Waals surface area (Å²) in [5.41, 5.74) is 0. The molecule has 0 aromatic heterocycles. The van der Waals surface area contributed by atoms with Crippen LogP contribution in [-0.4, -0.2) is 39.0 Å². The second-order valence-corrected chi connectivity index (χ2v) is 8.08. The number of nitrogens with one attached hydrogen (secondary N) is 1. The van der Waals surface area contributed by atoms with Gasteiger partial charge in [0, 0.05) is 17.1 Å². The number of sulfonamides is 1. The van der Waals surface area contributed by atoms with Crippen molar-refractivity contribution in [1.29, 1.82) is 0 Å². The Balaban J connectivity index is 2.03. The molecule has 0 bridgehead atoms. The third kappa shape index (κ3) is 3.95. The second-order valence-electron chi connectivity index (χ2n) is 5.02. The molecule has 1 aromatic carbocycles. The van der Waals surface area contributed by atoms with Crippen LogP contribution in [0.25, 0.3) is 0 Å². The van der Waals surface area contributed by atoms with E-state index >= 15 is 0 Å². The Morgan fingerprint density at radius 1 is 1.40 bits per heavy atom. The van der Waals surface area contributed by atoms with Crippen molar-refractivity contribution in [2.75, 3.05) is 19.6 Å². The van der Waals surface area contributed by atoms with E-state index in [1.54, 1.807) is 12.1 Å². The van der Waals surface area contributed by atoms with Gasteiger partial charge in [-0.3, -0.25) is 4.90 Å². The standard InChI is InChI=1S/C13H18BrClN2O2S/c1-10(17-6-2-3-7-17)9-16-20(18,19)13-5-4-11(14)8-12(13)15/h4-5,8,10,16H,2-3,6-7,9H2,1H3. The van der Waals surface area contributed by atoms with Gasteiger partial charge in [-0.25, -0.2) is 13.1 Å². The zero-order valence-corrected chi connectivity index (χ0v) is 14.4. The molecular formula is C13H18BrClN2O2S. The molecule has 1 heterocycles. The summed E-state index contributed by atoms with van der Waals surface area (Å²) < 4.78 is 27.9. The first-order valence-corrected chi connectivity index (χ1v) is 9.24. The fourth-order valence-electron chi connectivity index (χ4n) is 2.31. The lowest BCUT2D eigenvalue weighted by Gasteiger charge is -2.23. The lowest BCUT2D eigenvalue weighted by molar-refractivity contribution is 0.260. The maximum absolute atomic E-state index is 12.3. The van der Waals surface area contributed by atoms with E-state index in [9.17, 15) is 8.42 Å². The van der Waals surface area contributed by atoms with Gasteiger partial charge in [-0.1, -0.05) is 27.5 Å². The first kappa shape index (κ1) is 16.2. The Kier molecular flexibility index (Phi) is 5.48. The Morgan fingerprint density at radius 2 is 2.05 bits per heavy atom. The maximum atomic E-state index is 12.3. The van der Waals surface area contributed by atoms with Crippen molar-refractivity contribution in [3.63, 3.8) is 0 Å². The third-order valence-electron chi connectivity index (χ3n) is 3.52. The van der Waals surface area contributed by atoms with Gasteiger partial charge in [0.05, 0.1) is 5.02 Å². The van der Waals surface area contributed by atoms with Crippen LogP contribution in [0.1, 0.15) is 19.8 Å². The summed E-state index contributed by atoms with van der Waals surface area (Å²) in [7, 11) is -3.56. The minimum absolute atomic E-state index is 0.121. The van der Waals surface area contributed by atoms with Crippen molar-refractivity contribution in [1.82, 2.24) is 9.62 Å². The van der Waals surface area contributed by atoms with Crippen LogP contribution in [0, 0.1) is 0 Å². The highest BCUT2D eigenvalue weighted by molar-refractivity contribution is 9.10. The van der Waals surface area contributed by atoms with Crippen LogP contribution in [0.2, 0.25) is 5.02 Å². The smallest absolute Gasteiger partial charge is 0.242 e. The molecule has 0 amide bonds. The largest absolute Gasteiger partial charge is 0.299 e. The fraction of sp³-hybridized carbons (Fsp3) is 0.538. The van der Waals surface area contributed by atoms with Crippen LogP contribution < -0.4 is 4.72 Å².